The van der Waals surface area contributed by atoms with Crippen LogP contribution in [-0.2, 0) is 10.2 Å². The molecule has 36 heavy (non-hydrogen) atoms. The van der Waals surface area contributed by atoms with Crippen LogP contribution in [0.25, 0.3) is 27.3 Å². The van der Waals surface area contributed by atoms with Crippen LogP contribution in [0.4, 0.5) is 0 Å². The predicted molar refractivity (Wildman–Crippen MR) is 135 cm³/mol. The lowest BCUT2D eigenvalue weighted by atomic mass is 9.95. The van der Waals surface area contributed by atoms with Gasteiger partial charge in [0.05, 0.1) is 33.9 Å². The zero-order valence-corrected chi connectivity index (χ0v) is 20.5. The maximum Gasteiger partial charge on any atom is 0.271 e. The molecule has 0 saturated heterocycles. The van der Waals surface area contributed by atoms with Crippen molar-refractivity contribution in [3.63, 3.8) is 0 Å². The first-order valence-corrected chi connectivity index (χ1v) is 12.3. The van der Waals surface area contributed by atoms with Crippen molar-refractivity contribution in [2.45, 2.75) is 18.3 Å². The second kappa shape index (κ2) is 8.45. The van der Waals surface area contributed by atoms with Crippen molar-refractivity contribution >= 4 is 39.1 Å². The summed E-state index contributed by atoms with van der Waals surface area (Å²) in [6.45, 7) is -0.0518. The van der Waals surface area contributed by atoms with E-state index in [1.807, 2.05) is 17.6 Å². The molecule has 1 N–H and O–H groups in total. The lowest BCUT2D eigenvalue weighted by Crippen LogP contribution is -2.36. The fraction of sp³-hybridized carbons (Fsp3) is 0.240. The molecule has 0 aliphatic heterocycles. The van der Waals surface area contributed by atoms with E-state index < -0.39 is 0 Å². The van der Waals surface area contributed by atoms with E-state index in [4.69, 9.17) is 5.10 Å². The van der Waals surface area contributed by atoms with Gasteiger partial charge in [-0.25, -0.2) is 9.97 Å². The van der Waals surface area contributed by atoms with Crippen molar-refractivity contribution in [3.8, 4) is 11.3 Å². The summed E-state index contributed by atoms with van der Waals surface area (Å²) in [4.78, 5) is 34.4. The molecule has 6 rings (SSSR count). The lowest BCUT2D eigenvalue weighted by Gasteiger charge is -2.13. The maximum absolute atomic E-state index is 12.4. The van der Waals surface area contributed by atoms with E-state index in [9.17, 15) is 9.59 Å². The first-order valence-electron chi connectivity index (χ1n) is 11.5. The molecule has 1 aliphatic rings. The average Bonchev–Trinajstić information content (AvgIpc) is 3.36. The number of hydrogen-bond donors (Lipinski definition) is 1. The molecule has 0 atom stereocenters. The van der Waals surface area contributed by atoms with Crippen molar-refractivity contribution in [3.05, 3.63) is 71.1 Å². The Bertz CT molecular complexity index is 1620. The minimum atomic E-state index is -0.312. The van der Waals surface area contributed by atoms with Gasteiger partial charge in [0.1, 0.15) is 5.69 Å². The fourth-order valence-electron chi connectivity index (χ4n) is 4.25. The van der Waals surface area contributed by atoms with Crippen molar-refractivity contribution in [2.24, 2.45) is 0 Å². The van der Waals surface area contributed by atoms with E-state index >= 15 is 0 Å². The summed E-state index contributed by atoms with van der Waals surface area (Å²) in [6.07, 6.45) is 3.58. The van der Waals surface area contributed by atoms with Gasteiger partial charge in [0, 0.05) is 25.2 Å². The van der Waals surface area contributed by atoms with E-state index in [0.717, 1.165) is 34.4 Å². The minimum Gasteiger partial charge on any atom is -0.347 e. The Labute approximate surface area is 210 Å². The number of rotatable bonds is 6. The highest BCUT2D eigenvalue weighted by Gasteiger charge is 2.50. The van der Waals surface area contributed by atoms with E-state index in [1.54, 1.807) is 48.3 Å². The van der Waals surface area contributed by atoms with Crippen LogP contribution >= 0.6 is 11.3 Å². The number of nitrogens with one attached hydrogen (secondary N) is 1. The van der Waals surface area contributed by atoms with Gasteiger partial charge in [0.2, 0.25) is 5.91 Å². The summed E-state index contributed by atoms with van der Waals surface area (Å²) >= 11 is 1.63. The van der Waals surface area contributed by atoms with Crippen LogP contribution in [0.2, 0.25) is 0 Å². The third kappa shape index (κ3) is 3.77. The summed E-state index contributed by atoms with van der Waals surface area (Å²) in [7, 11) is 3.29. The topological polar surface area (TPSA) is 118 Å². The van der Waals surface area contributed by atoms with Crippen LogP contribution in [-0.4, -0.2) is 67.1 Å². The third-order valence-corrected chi connectivity index (χ3v) is 7.33. The number of fused-ring (bicyclic) bond motifs is 2. The summed E-state index contributed by atoms with van der Waals surface area (Å²) in [6, 6.07) is 13.4. The molecule has 3 aromatic heterocycles. The number of benzene rings is 2. The van der Waals surface area contributed by atoms with E-state index in [0.29, 0.717) is 17.0 Å². The van der Waals surface area contributed by atoms with Crippen LogP contribution < -0.4 is 5.32 Å². The highest BCUT2D eigenvalue weighted by Crippen LogP contribution is 2.53. The molecule has 0 bridgehead atoms. The smallest absolute Gasteiger partial charge is 0.271 e. The van der Waals surface area contributed by atoms with E-state index in [1.165, 1.54) is 10.5 Å². The number of hydrogen-bond acceptors (Lipinski definition) is 8. The van der Waals surface area contributed by atoms with Crippen LogP contribution in [0.1, 0.15) is 34.6 Å². The van der Waals surface area contributed by atoms with Crippen molar-refractivity contribution in [1.82, 2.24) is 40.0 Å². The lowest BCUT2D eigenvalue weighted by molar-refractivity contribution is -0.127. The normalized spacial score (nSPS) is 14.2. The standard InChI is InChI=1S/C25H22N8O2S/c1-32(2)21(34)13-26-22(35)16-5-3-15(4-6-16)19-12-27-24-30-29-23(33(24)31-19)25(9-10-25)17-7-8-18-20(11-17)36-14-28-18/h3-8,11-12,14H,9-10,13H2,1-2H3,(H,26,35). The average molecular weight is 499 g/mol. The Morgan fingerprint density at radius 2 is 1.89 bits per heavy atom. The molecule has 10 nitrogen and oxygen atoms in total. The predicted octanol–water partition coefficient (Wildman–Crippen LogP) is 2.69. The Morgan fingerprint density at radius 1 is 1.08 bits per heavy atom. The molecule has 1 fully saturated rings. The maximum atomic E-state index is 12.4. The van der Waals surface area contributed by atoms with E-state index in [2.05, 4.69) is 43.7 Å². The number of likely N-dealkylation sites (N-methyl/N-ethyl adjacent to an activating group) is 1. The molecule has 180 valence electrons. The van der Waals surface area contributed by atoms with E-state index in [-0.39, 0.29) is 23.8 Å². The Kier molecular flexibility index (Phi) is 5.22. The van der Waals surface area contributed by atoms with Crippen LogP contribution in [0.5, 0.6) is 0 Å². The summed E-state index contributed by atoms with van der Waals surface area (Å²) in [5.41, 5.74) is 5.71. The fourth-order valence-corrected chi connectivity index (χ4v) is 4.97. The Balaban J connectivity index is 1.28. The highest BCUT2D eigenvalue weighted by atomic mass is 32.1. The van der Waals surface area contributed by atoms with Crippen molar-refractivity contribution in [2.75, 3.05) is 20.6 Å². The number of carbonyl (C=O) groups excluding carboxylic acids is 2. The quantitative estimate of drug-likeness (QED) is 0.382. The molecule has 0 spiro atoms. The molecule has 0 unspecified atom stereocenters. The molecule has 3 heterocycles. The van der Waals surface area contributed by atoms with Gasteiger partial charge in [-0.2, -0.15) is 9.61 Å². The first kappa shape index (κ1) is 22.2. The van der Waals surface area contributed by atoms with Crippen molar-refractivity contribution < 1.29 is 9.59 Å². The van der Waals surface area contributed by atoms with Crippen LogP contribution in [0.15, 0.2) is 54.2 Å². The molecule has 11 heteroatoms. The first-order chi connectivity index (χ1) is 17.4. The van der Waals surface area contributed by atoms with Crippen LogP contribution in [0.3, 0.4) is 0 Å². The zero-order valence-electron chi connectivity index (χ0n) is 19.7. The molecule has 2 amide bonds. The summed E-state index contributed by atoms with van der Waals surface area (Å²) < 4.78 is 2.88. The Hall–Kier alpha value is -4.25. The van der Waals surface area contributed by atoms with Gasteiger partial charge in [0.15, 0.2) is 5.82 Å². The molecular formula is C25H22N8O2S. The second-order valence-corrected chi connectivity index (χ2v) is 9.93. The molecule has 0 radical (unpaired) electrons. The largest absolute Gasteiger partial charge is 0.347 e. The number of amides is 2. The van der Waals surface area contributed by atoms with Gasteiger partial charge in [-0.15, -0.1) is 21.5 Å². The monoisotopic (exact) mass is 498 g/mol. The number of nitrogens with zero attached hydrogens (tertiary/aromatic N) is 7. The molecule has 1 saturated carbocycles. The van der Waals surface area contributed by atoms with Crippen molar-refractivity contribution in [1.29, 1.82) is 0 Å². The van der Waals surface area contributed by atoms with Gasteiger partial charge in [-0.1, -0.05) is 18.2 Å². The minimum absolute atomic E-state index is 0.0518. The number of aromatic nitrogens is 6. The molecule has 1 aliphatic carbocycles. The Morgan fingerprint density at radius 3 is 2.64 bits per heavy atom. The molecular weight excluding hydrogens is 476 g/mol. The third-order valence-electron chi connectivity index (χ3n) is 6.54. The van der Waals surface area contributed by atoms with Gasteiger partial charge < -0.3 is 10.2 Å². The van der Waals surface area contributed by atoms with Crippen LogP contribution in [0, 0.1) is 0 Å². The highest BCUT2D eigenvalue weighted by molar-refractivity contribution is 7.16. The van der Waals surface area contributed by atoms with Gasteiger partial charge in [-0.05, 0) is 42.7 Å². The second-order valence-electron chi connectivity index (χ2n) is 9.04. The molecule has 2 aromatic carbocycles. The van der Waals surface area contributed by atoms with Gasteiger partial charge in [-0.3, -0.25) is 9.59 Å². The SMILES string of the molecule is CN(C)C(=O)CNC(=O)c1ccc(-c2cnc3nnc(C4(c5ccc6ncsc6c5)CC4)n3n2)cc1. The summed E-state index contributed by atoms with van der Waals surface area (Å²) in [5.74, 6) is 0.736. The molecule has 5 aromatic rings. The summed E-state index contributed by atoms with van der Waals surface area (Å²) in [5, 5.41) is 16.2. The number of thiazole rings is 1. The zero-order chi connectivity index (χ0) is 24.9. The number of carbonyl (C=O) groups is 2. The van der Waals surface area contributed by atoms with Gasteiger partial charge >= 0.3 is 0 Å². The van der Waals surface area contributed by atoms with Gasteiger partial charge in [0.25, 0.3) is 11.7 Å².